The van der Waals surface area contributed by atoms with Crippen LogP contribution in [0, 0.1) is 0 Å². The van der Waals surface area contributed by atoms with Crippen molar-refractivity contribution in [3.05, 3.63) is 24.2 Å². The van der Waals surface area contributed by atoms with E-state index in [0.29, 0.717) is 0 Å². The Morgan fingerprint density at radius 2 is 1.65 bits per heavy atom. The van der Waals surface area contributed by atoms with Gasteiger partial charge in [-0.1, -0.05) is 0 Å². The molecule has 4 heterocycles. The number of likely N-dealkylation sites (tertiary alicyclic amines) is 3. The monoisotopic (exact) mass is 317 g/mol. The molecule has 1 atom stereocenters. The second-order valence-electron chi connectivity index (χ2n) is 7.62. The fourth-order valence-corrected chi connectivity index (χ4v) is 4.79. The van der Waals surface area contributed by atoms with Crippen molar-refractivity contribution in [2.75, 3.05) is 39.3 Å². The zero-order valence-corrected chi connectivity index (χ0v) is 14.3. The van der Waals surface area contributed by atoms with E-state index < -0.39 is 0 Å². The molecule has 1 unspecified atom stereocenters. The zero-order chi connectivity index (χ0) is 15.5. The van der Waals surface area contributed by atoms with E-state index in [1.54, 1.807) is 6.26 Å². The van der Waals surface area contributed by atoms with Gasteiger partial charge in [-0.15, -0.1) is 0 Å². The lowest BCUT2D eigenvalue weighted by Gasteiger charge is -2.44. The lowest BCUT2D eigenvalue weighted by molar-refractivity contribution is 0.0485. The predicted molar refractivity (Wildman–Crippen MR) is 92.4 cm³/mol. The summed E-state index contributed by atoms with van der Waals surface area (Å²) >= 11 is 0. The van der Waals surface area contributed by atoms with Crippen molar-refractivity contribution < 1.29 is 4.42 Å². The topological polar surface area (TPSA) is 22.9 Å². The number of piperidine rings is 2. The number of furan rings is 1. The van der Waals surface area contributed by atoms with E-state index in [1.807, 2.05) is 6.07 Å². The highest BCUT2D eigenvalue weighted by atomic mass is 16.3. The molecule has 0 aromatic carbocycles. The Morgan fingerprint density at radius 3 is 2.39 bits per heavy atom. The van der Waals surface area contributed by atoms with E-state index in [-0.39, 0.29) is 0 Å². The van der Waals surface area contributed by atoms with Gasteiger partial charge in [0, 0.05) is 31.7 Å². The molecule has 0 bridgehead atoms. The van der Waals surface area contributed by atoms with Gasteiger partial charge in [0.05, 0.1) is 12.8 Å². The fourth-order valence-electron chi connectivity index (χ4n) is 4.79. The molecule has 3 fully saturated rings. The minimum absolute atomic E-state index is 0.813. The van der Waals surface area contributed by atoms with Gasteiger partial charge >= 0.3 is 0 Å². The summed E-state index contributed by atoms with van der Waals surface area (Å²) in [4.78, 5) is 8.13. The number of hydrogen-bond acceptors (Lipinski definition) is 4. The fraction of sp³-hybridized carbons (Fsp3) is 0.789. The lowest BCUT2D eigenvalue weighted by Crippen LogP contribution is -2.53. The molecule has 4 rings (SSSR count). The molecular weight excluding hydrogens is 286 g/mol. The number of rotatable bonds is 4. The first-order valence-corrected chi connectivity index (χ1v) is 9.61. The van der Waals surface area contributed by atoms with Crippen LogP contribution in [-0.4, -0.2) is 66.1 Å². The van der Waals surface area contributed by atoms with Crippen LogP contribution in [0.3, 0.4) is 0 Å². The maximum atomic E-state index is 5.49. The van der Waals surface area contributed by atoms with Crippen LogP contribution in [0.25, 0.3) is 0 Å². The molecule has 3 aliphatic rings. The summed E-state index contributed by atoms with van der Waals surface area (Å²) < 4.78 is 5.49. The Balaban J connectivity index is 1.26. The highest BCUT2D eigenvalue weighted by Crippen LogP contribution is 2.25. The van der Waals surface area contributed by atoms with Gasteiger partial charge in [-0.3, -0.25) is 14.7 Å². The smallest absolute Gasteiger partial charge is 0.117 e. The van der Waals surface area contributed by atoms with Gasteiger partial charge in [0.1, 0.15) is 5.76 Å². The van der Waals surface area contributed by atoms with Crippen LogP contribution in [0.15, 0.2) is 22.8 Å². The minimum Gasteiger partial charge on any atom is -0.468 e. The molecule has 4 nitrogen and oxygen atoms in total. The van der Waals surface area contributed by atoms with Crippen LogP contribution >= 0.6 is 0 Å². The Labute approximate surface area is 140 Å². The van der Waals surface area contributed by atoms with Crippen LogP contribution in [0.1, 0.15) is 44.3 Å². The van der Waals surface area contributed by atoms with Gasteiger partial charge in [-0.25, -0.2) is 0 Å². The van der Waals surface area contributed by atoms with Crippen LogP contribution < -0.4 is 0 Å². The summed E-state index contributed by atoms with van der Waals surface area (Å²) in [6.45, 7) is 8.76. The Hall–Kier alpha value is -0.840. The van der Waals surface area contributed by atoms with Crippen LogP contribution in [0.5, 0.6) is 0 Å². The Morgan fingerprint density at radius 1 is 0.870 bits per heavy atom. The van der Waals surface area contributed by atoms with E-state index in [9.17, 15) is 0 Å². The van der Waals surface area contributed by atoms with Crippen molar-refractivity contribution in [1.82, 2.24) is 14.7 Å². The van der Waals surface area contributed by atoms with E-state index in [4.69, 9.17) is 4.42 Å². The van der Waals surface area contributed by atoms with Crippen LogP contribution in [0.2, 0.25) is 0 Å². The first-order chi connectivity index (χ1) is 11.4. The molecule has 0 radical (unpaired) electrons. The second kappa shape index (κ2) is 7.37. The summed E-state index contributed by atoms with van der Waals surface area (Å²) in [6, 6.07) is 5.74. The molecule has 23 heavy (non-hydrogen) atoms. The van der Waals surface area contributed by atoms with Gasteiger partial charge in [0.2, 0.25) is 0 Å². The summed E-state index contributed by atoms with van der Waals surface area (Å²) in [7, 11) is 0. The molecule has 3 saturated heterocycles. The third-order valence-electron chi connectivity index (χ3n) is 6.12. The van der Waals surface area contributed by atoms with Crippen molar-refractivity contribution >= 4 is 0 Å². The molecule has 0 aliphatic carbocycles. The highest BCUT2D eigenvalue weighted by Gasteiger charge is 2.32. The molecule has 128 valence electrons. The third-order valence-corrected chi connectivity index (χ3v) is 6.12. The largest absolute Gasteiger partial charge is 0.468 e. The van der Waals surface area contributed by atoms with Gasteiger partial charge in [-0.05, 0) is 70.3 Å². The standard InChI is InChI=1S/C19H31N3O/c1-2-10-21(9-1)18-5-3-11-22(15-18)17-7-12-20(13-8-17)16-19-6-4-14-23-19/h4,6,14,17-18H,1-3,5,7-13,15-16H2. The maximum absolute atomic E-state index is 5.49. The average molecular weight is 317 g/mol. The number of hydrogen-bond donors (Lipinski definition) is 0. The van der Waals surface area contributed by atoms with E-state index in [2.05, 4.69) is 20.8 Å². The molecule has 4 heteroatoms. The summed E-state index contributed by atoms with van der Waals surface area (Å²) in [5.41, 5.74) is 0. The molecule has 1 aromatic heterocycles. The highest BCUT2D eigenvalue weighted by molar-refractivity contribution is 4.98. The lowest BCUT2D eigenvalue weighted by atomic mass is 9.97. The quantitative estimate of drug-likeness (QED) is 0.852. The normalized spacial score (nSPS) is 29.3. The zero-order valence-electron chi connectivity index (χ0n) is 14.3. The van der Waals surface area contributed by atoms with Crippen LogP contribution in [-0.2, 0) is 6.54 Å². The molecular formula is C19H31N3O. The van der Waals surface area contributed by atoms with Gasteiger partial charge in [-0.2, -0.15) is 0 Å². The summed E-state index contributed by atoms with van der Waals surface area (Å²) in [5, 5.41) is 0. The summed E-state index contributed by atoms with van der Waals surface area (Å²) in [6.07, 6.45) is 10.1. The van der Waals surface area contributed by atoms with E-state index >= 15 is 0 Å². The average Bonchev–Trinajstić information content (AvgIpc) is 3.29. The van der Waals surface area contributed by atoms with E-state index in [0.717, 1.165) is 24.4 Å². The van der Waals surface area contributed by atoms with Crippen molar-refractivity contribution in [2.24, 2.45) is 0 Å². The third kappa shape index (κ3) is 3.81. The Bertz CT molecular complexity index is 461. The first kappa shape index (κ1) is 15.7. The SMILES string of the molecule is c1coc(CN2CCC(N3CCCC(N4CCCC4)C3)CC2)c1. The molecule has 0 spiro atoms. The first-order valence-electron chi connectivity index (χ1n) is 9.61. The van der Waals surface area contributed by atoms with Crippen molar-refractivity contribution in [2.45, 2.75) is 57.2 Å². The predicted octanol–water partition coefficient (Wildman–Crippen LogP) is 2.80. The van der Waals surface area contributed by atoms with Crippen molar-refractivity contribution in [3.63, 3.8) is 0 Å². The minimum atomic E-state index is 0.813. The van der Waals surface area contributed by atoms with Gasteiger partial charge in [0.15, 0.2) is 0 Å². The van der Waals surface area contributed by atoms with Crippen molar-refractivity contribution in [3.8, 4) is 0 Å². The molecule has 3 aliphatic heterocycles. The summed E-state index contributed by atoms with van der Waals surface area (Å²) in [5.74, 6) is 1.11. The Kier molecular flexibility index (Phi) is 5.02. The molecule has 0 N–H and O–H groups in total. The maximum Gasteiger partial charge on any atom is 0.117 e. The van der Waals surface area contributed by atoms with Gasteiger partial charge in [0.25, 0.3) is 0 Å². The van der Waals surface area contributed by atoms with Crippen molar-refractivity contribution in [1.29, 1.82) is 0 Å². The molecule has 0 amide bonds. The molecule has 1 aromatic rings. The number of nitrogens with zero attached hydrogens (tertiary/aromatic N) is 3. The second-order valence-corrected chi connectivity index (χ2v) is 7.62. The van der Waals surface area contributed by atoms with Crippen LogP contribution in [0.4, 0.5) is 0 Å². The van der Waals surface area contributed by atoms with Gasteiger partial charge < -0.3 is 4.42 Å². The molecule has 0 saturated carbocycles. The van der Waals surface area contributed by atoms with E-state index in [1.165, 1.54) is 77.8 Å².